The third kappa shape index (κ3) is 3.40. The largest absolute Gasteiger partial charge is 0.300 e. The van der Waals surface area contributed by atoms with Crippen molar-refractivity contribution in [2.24, 2.45) is 0 Å². The first-order chi connectivity index (χ1) is 8.29. The van der Waals surface area contributed by atoms with Gasteiger partial charge in [0.15, 0.2) is 0 Å². The number of Topliss-reactive ketones (excluding diaryl/α,β-unsaturated/α-hetero) is 1. The van der Waals surface area contributed by atoms with Crippen LogP contribution < -0.4 is 0 Å². The molecule has 0 radical (unpaired) electrons. The smallest absolute Gasteiger partial charge is 0.135 e. The number of hydrogen-bond donors (Lipinski definition) is 0. The number of carbonyl (C=O) groups excluding carboxylic acids is 1. The molecule has 2 rings (SSSR count). The first-order valence-electron chi connectivity index (χ1n) is 6.59. The first kappa shape index (κ1) is 12.3. The predicted molar refractivity (Wildman–Crippen MR) is 69.8 cm³/mol. The van der Waals surface area contributed by atoms with Gasteiger partial charge in [0.2, 0.25) is 0 Å². The lowest BCUT2D eigenvalue weighted by Crippen LogP contribution is -2.42. The van der Waals surface area contributed by atoms with Gasteiger partial charge in [-0.15, -0.1) is 0 Å². The molecule has 2 nitrogen and oxygen atoms in total. The lowest BCUT2D eigenvalue weighted by molar-refractivity contribution is -0.123. The average Bonchev–Trinajstić information content (AvgIpc) is 2.34. The lowest BCUT2D eigenvalue weighted by Gasteiger charge is -2.35. The summed E-state index contributed by atoms with van der Waals surface area (Å²) in [6.45, 7) is 4.11. The van der Waals surface area contributed by atoms with Crippen LogP contribution in [-0.2, 0) is 11.3 Å². The van der Waals surface area contributed by atoms with Gasteiger partial charge in [0.05, 0.1) is 0 Å². The molecule has 92 valence electrons. The molecule has 0 unspecified atom stereocenters. The van der Waals surface area contributed by atoms with Crippen LogP contribution in [0, 0.1) is 0 Å². The quantitative estimate of drug-likeness (QED) is 0.794. The van der Waals surface area contributed by atoms with Gasteiger partial charge in [0, 0.05) is 32.0 Å². The molecule has 1 aliphatic rings. The van der Waals surface area contributed by atoms with Crippen LogP contribution in [0.25, 0.3) is 0 Å². The van der Waals surface area contributed by atoms with Crippen LogP contribution >= 0.6 is 0 Å². The van der Waals surface area contributed by atoms with Crippen molar-refractivity contribution >= 4 is 5.78 Å². The average molecular weight is 231 g/mol. The van der Waals surface area contributed by atoms with Crippen molar-refractivity contribution in [3.63, 3.8) is 0 Å². The van der Waals surface area contributed by atoms with E-state index in [1.54, 1.807) is 0 Å². The van der Waals surface area contributed by atoms with Gasteiger partial charge in [0.25, 0.3) is 0 Å². The maximum Gasteiger partial charge on any atom is 0.135 e. The van der Waals surface area contributed by atoms with Crippen LogP contribution in [0.4, 0.5) is 0 Å². The molecule has 1 heterocycles. The van der Waals surface area contributed by atoms with E-state index in [1.807, 2.05) is 6.07 Å². The van der Waals surface area contributed by atoms with Crippen molar-refractivity contribution < 1.29 is 4.79 Å². The van der Waals surface area contributed by atoms with E-state index in [2.05, 4.69) is 36.1 Å². The third-order valence-corrected chi connectivity index (χ3v) is 3.51. The van der Waals surface area contributed by atoms with Gasteiger partial charge < -0.3 is 0 Å². The highest BCUT2D eigenvalue weighted by Gasteiger charge is 2.25. The summed E-state index contributed by atoms with van der Waals surface area (Å²) >= 11 is 0. The van der Waals surface area contributed by atoms with E-state index in [9.17, 15) is 4.79 Å². The van der Waals surface area contributed by atoms with Crippen molar-refractivity contribution in [3.8, 4) is 0 Å². The van der Waals surface area contributed by atoms with Gasteiger partial charge in [0.1, 0.15) is 5.78 Å². The summed E-state index contributed by atoms with van der Waals surface area (Å²) in [6, 6.07) is 11.0. The SMILES string of the molecule is CCC[C@H]1CC(=O)CCN1Cc1ccccc1. The minimum atomic E-state index is 0.438. The second-order valence-corrected chi connectivity index (χ2v) is 4.89. The molecule has 1 atom stereocenters. The zero-order valence-electron chi connectivity index (χ0n) is 10.6. The molecule has 1 aromatic carbocycles. The monoisotopic (exact) mass is 231 g/mol. The molecule has 1 saturated heterocycles. The summed E-state index contributed by atoms with van der Waals surface area (Å²) in [5.41, 5.74) is 1.35. The van der Waals surface area contributed by atoms with E-state index in [0.717, 1.165) is 38.8 Å². The van der Waals surface area contributed by atoms with Crippen molar-refractivity contribution in [1.29, 1.82) is 0 Å². The predicted octanol–water partition coefficient (Wildman–Crippen LogP) is 3.02. The van der Waals surface area contributed by atoms with Crippen LogP contribution in [0.5, 0.6) is 0 Å². The van der Waals surface area contributed by atoms with Gasteiger partial charge in [-0.2, -0.15) is 0 Å². The maximum atomic E-state index is 11.5. The zero-order valence-corrected chi connectivity index (χ0v) is 10.6. The number of carbonyl (C=O) groups is 1. The van der Waals surface area contributed by atoms with Crippen LogP contribution in [0.3, 0.4) is 0 Å². The summed E-state index contributed by atoms with van der Waals surface area (Å²) in [6.07, 6.45) is 3.77. The molecule has 0 bridgehead atoms. The Balaban J connectivity index is 2.00. The van der Waals surface area contributed by atoms with Crippen LogP contribution in [0.2, 0.25) is 0 Å². The fraction of sp³-hybridized carbons (Fsp3) is 0.533. The second kappa shape index (κ2) is 5.97. The molecule has 0 aromatic heterocycles. The summed E-state index contributed by atoms with van der Waals surface area (Å²) in [4.78, 5) is 14.0. The Morgan fingerprint density at radius 3 is 2.76 bits per heavy atom. The molecule has 17 heavy (non-hydrogen) atoms. The van der Waals surface area contributed by atoms with Crippen molar-refractivity contribution in [2.45, 2.75) is 45.2 Å². The lowest BCUT2D eigenvalue weighted by atomic mass is 9.96. The highest BCUT2D eigenvalue weighted by Crippen LogP contribution is 2.20. The molecule has 1 aromatic rings. The summed E-state index contributed by atoms with van der Waals surface area (Å²) in [5, 5.41) is 0. The first-order valence-corrected chi connectivity index (χ1v) is 6.59. The van der Waals surface area contributed by atoms with E-state index < -0.39 is 0 Å². The van der Waals surface area contributed by atoms with E-state index >= 15 is 0 Å². The number of piperidine rings is 1. The Kier molecular flexibility index (Phi) is 4.32. The Bertz CT molecular complexity index is 360. The number of ketones is 1. The second-order valence-electron chi connectivity index (χ2n) is 4.89. The normalized spacial score (nSPS) is 21.7. The van der Waals surface area contributed by atoms with Gasteiger partial charge in [-0.05, 0) is 12.0 Å². The highest BCUT2D eigenvalue weighted by molar-refractivity contribution is 5.79. The molecule has 0 N–H and O–H groups in total. The third-order valence-electron chi connectivity index (χ3n) is 3.51. The standard InChI is InChI=1S/C15H21NO/c1-2-6-14-11-15(17)9-10-16(14)12-13-7-4-3-5-8-13/h3-5,7-8,14H,2,6,9-12H2,1H3/t14-/m0/s1. The molecule has 0 amide bonds. The molecule has 0 spiro atoms. The Hall–Kier alpha value is -1.15. The minimum absolute atomic E-state index is 0.438. The number of hydrogen-bond acceptors (Lipinski definition) is 2. The van der Waals surface area contributed by atoms with Crippen molar-refractivity contribution in [1.82, 2.24) is 4.90 Å². The van der Waals surface area contributed by atoms with E-state index in [4.69, 9.17) is 0 Å². The Morgan fingerprint density at radius 1 is 1.29 bits per heavy atom. The van der Waals surface area contributed by atoms with Crippen molar-refractivity contribution in [2.75, 3.05) is 6.54 Å². The number of rotatable bonds is 4. The molecular weight excluding hydrogens is 210 g/mol. The maximum absolute atomic E-state index is 11.5. The van der Waals surface area contributed by atoms with E-state index in [0.29, 0.717) is 11.8 Å². The van der Waals surface area contributed by atoms with Crippen LogP contribution in [0.1, 0.15) is 38.2 Å². The molecule has 1 fully saturated rings. The highest BCUT2D eigenvalue weighted by atomic mass is 16.1. The number of nitrogens with zero attached hydrogens (tertiary/aromatic N) is 1. The van der Waals surface area contributed by atoms with E-state index in [1.165, 1.54) is 5.56 Å². The summed E-state index contributed by atoms with van der Waals surface area (Å²) in [7, 11) is 0. The zero-order chi connectivity index (χ0) is 12.1. The van der Waals surface area contributed by atoms with Crippen molar-refractivity contribution in [3.05, 3.63) is 35.9 Å². The topological polar surface area (TPSA) is 20.3 Å². The van der Waals surface area contributed by atoms with Gasteiger partial charge in [-0.25, -0.2) is 0 Å². The van der Waals surface area contributed by atoms with Gasteiger partial charge in [-0.3, -0.25) is 9.69 Å². The summed E-state index contributed by atoms with van der Waals surface area (Å²) < 4.78 is 0. The molecule has 2 heteroatoms. The van der Waals surface area contributed by atoms with Gasteiger partial charge >= 0.3 is 0 Å². The fourth-order valence-corrected chi connectivity index (χ4v) is 2.59. The molecule has 1 aliphatic heterocycles. The summed E-state index contributed by atoms with van der Waals surface area (Å²) in [5.74, 6) is 0.438. The number of benzene rings is 1. The Morgan fingerprint density at radius 2 is 2.06 bits per heavy atom. The minimum Gasteiger partial charge on any atom is -0.300 e. The van der Waals surface area contributed by atoms with E-state index in [-0.39, 0.29) is 0 Å². The number of likely N-dealkylation sites (tertiary alicyclic amines) is 1. The molecule has 0 saturated carbocycles. The Labute approximate surface area is 104 Å². The van der Waals surface area contributed by atoms with Gasteiger partial charge in [-0.1, -0.05) is 43.7 Å². The van der Waals surface area contributed by atoms with Crippen LogP contribution in [-0.4, -0.2) is 23.3 Å². The molecular formula is C15H21NO. The fourth-order valence-electron chi connectivity index (χ4n) is 2.59. The molecule has 0 aliphatic carbocycles. The van der Waals surface area contributed by atoms with Crippen LogP contribution in [0.15, 0.2) is 30.3 Å².